The third kappa shape index (κ3) is 4.74. The van der Waals surface area contributed by atoms with Crippen molar-refractivity contribution >= 4 is 56.2 Å². The van der Waals surface area contributed by atoms with Gasteiger partial charge >= 0.3 is 0 Å². The van der Waals surface area contributed by atoms with Crippen LogP contribution in [0.3, 0.4) is 0 Å². The molecule has 0 N–H and O–H groups in total. The van der Waals surface area contributed by atoms with Gasteiger partial charge in [-0.25, -0.2) is 4.99 Å². The van der Waals surface area contributed by atoms with Crippen molar-refractivity contribution in [2.24, 2.45) is 4.99 Å². The number of hydrogen-bond acceptors (Lipinski definition) is 5. The number of ether oxygens (including phenoxy) is 1. The van der Waals surface area contributed by atoms with Crippen LogP contribution in [0.5, 0.6) is 0 Å². The lowest BCUT2D eigenvalue weighted by Gasteiger charge is -2.28. The van der Waals surface area contributed by atoms with Crippen molar-refractivity contribution < 1.29 is 9.53 Å². The molecule has 2 heterocycles. The minimum atomic E-state index is 0.00380. The lowest BCUT2D eigenvalue weighted by Crippen LogP contribution is -2.36. The minimum Gasteiger partial charge on any atom is -0.378 e. The predicted molar refractivity (Wildman–Crippen MR) is 124 cm³/mol. The van der Waals surface area contributed by atoms with E-state index in [1.807, 2.05) is 49.4 Å². The maximum absolute atomic E-state index is 12.8. The van der Waals surface area contributed by atoms with Gasteiger partial charge in [0.1, 0.15) is 0 Å². The Kier molecular flexibility index (Phi) is 6.37. The van der Waals surface area contributed by atoms with E-state index in [1.165, 1.54) is 17.4 Å². The monoisotopic (exact) mass is 471 g/mol. The first kappa shape index (κ1) is 20.2. The molecule has 150 valence electrons. The zero-order valence-corrected chi connectivity index (χ0v) is 18.6. The summed E-state index contributed by atoms with van der Waals surface area (Å²) in [6, 6.07) is 16.1. The minimum absolute atomic E-state index is 0.00380. The number of aliphatic imine (C=N–C) groups is 1. The number of carbonyl (C=O) groups is 1. The Labute approximate surface area is 183 Å². The number of amides is 1. The largest absolute Gasteiger partial charge is 0.378 e. The SMILES string of the molecule is CCN1C(=O)/C(=C/c2ccc(Br)cc2)SC1=Nc1ccc(N2CCOCC2)cc1. The molecule has 0 spiro atoms. The van der Waals surface area contributed by atoms with Gasteiger partial charge in [-0.1, -0.05) is 28.1 Å². The lowest BCUT2D eigenvalue weighted by atomic mass is 10.2. The van der Waals surface area contributed by atoms with Crippen LogP contribution >= 0.6 is 27.7 Å². The van der Waals surface area contributed by atoms with Crippen molar-refractivity contribution in [1.29, 1.82) is 0 Å². The third-order valence-corrected chi connectivity index (χ3v) is 6.36. The van der Waals surface area contributed by atoms with Crippen LogP contribution in [0.4, 0.5) is 11.4 Å². The van der Waals surface area contributed by atoms with E-state index >= 15 is 0 Å². The number of benzene rings is 2. The molecule has 2 aromatic carbocycles. The number of likely N-dealkylation sites (N-methyl/N-ethyl adjacent to an activating group) is 1. The van der Waals surface area contributed by atoms with Gasteiger partial charge in [0, 0.05) is 29.8 Å². The van der Waals surface area contributed by atoms with E-state index in [2.05, 4.69) is 33.0 Å². The van der Waals surface area contributed by atoms with Crippen LogP contribution in [0.15, 0.2) is 62.9 Å². The molecule has 2 fully saturated rings. The topological polar surface area (TPSA) is 45.1 Å². The molecule has 4 rings (SSSR count). The van der Waals surface area contributed by atoms with E-state index in [0.717, 1.165) is 47.2 Å². The Morgan fingerprint density at radius 2 is 1.79 bits per heavy atom. The molecule has 7 heteroatoms. The highest BCUT2D eigenvalue weighted by molar-refractivity contribution is 9.10. The van der Waals surface area contributed by atoms with Crippen LogP contribution in [0.1, 0.15) is 12.5 Å². The van der Waals surface area contributed by atoms with Crippen LogP contribution in [-0.2, 0) is 9.53 Å². The fourth-order valence-electron chi connectivity index (χ4n) is 3.25. The summed E-state index contributed by atoms with van der Waals surface area (Å²) < 4.78 is 6.43. The summed E-state index contributed by atoms with van der Waals surface area (Å²) in [5.74, 6) is 0.00380. The van der Waals surface area contributed by atoms with E-state index in [-0.39, 0.29) is 5.91 Å². The number of morpholine rings is 1. The van der Waals surface area contributed by atoms with Gasteiger partial charge in [0.15, 0.2) is 5.17 Å². The van der Waals surface area contributed by atoms with Crippen molar-refractivity contribution in [3.05, 3.63) is 63.5 Å². The molecule has 2 aromatic rings. The van der Waals surface area contributed by atoms with Gasteiger partial charge < -0.3 is 9.64 Å². The Morgan fingerprint density at radius 3 is 2.45 bits per heavy atom. The van der Waals surface area contributed by atoms with Crippen LogP contribution in [0.2, 0.25) is 0 Å². The number of anilines is 1. The molecule has 0 saturated carbocycles. The van der Waals surface area contributed by atoms with Gasteiger partial charge in [-0.3, -0.25) is 9.69 Å². The maximum atomic E-state index is 12.8. The molecule has 5 nitrogen and oxygen atoms in total. The molecule has 0 radical (unpaired) electrons. The summed E-state index contributed by atoms with van der Waals surface area (Å²) in [5, 5.41) is 0.722. The molecule has 29 heavy (non-hydrogen) atoms. The first-order valence-corrected chi connectivity index (χ1v) is 11.2. The second kappa shape index (κ2) is 9.15. The Balaban J connectivity index is 1.54. The van der Waals surface area contributed by atoms with Gasteiger partial charge in [-0.15, -0.1) is 0 Å². The van der Waals surface area contributed by atoms with Crippen molar-refractivity contribution in [1.82, 2.24) is 4.90 Å². The Hall–Kier alpha value is -2.09. The van der Waals surface area contributed by atoms with Crippen LogP contribution in [0, 0.1) is 0 Å². The summed E-state index contributed by atoms with van der Waals surface area (Å²) >= 11 is 4.86. The van der Waals surface area contributed by atoms with Gasteiger partial charge in [-0.05, 0) is 66.7 Å². The summed E-state index contributed by atoms with van der Waals surface area (Å²) in [4.78, 5) is 22.3. The first-order valence-electron chi connectivity index (χ1n) is 9.62. The molecule has 1 amide bonds. The zero-order chi connectivity index (χ0) is 20.2. The predicted octanol–water partition coefficient (Wildman–Crippen LogP) is 4.91. The molecule has 2 saturated heterocycles. The molecule has 0 atom stereocenters. The van der Waals surface area contributed by atoms with Crippen LogP contribution in [-0.4, -0.2) is 48.8 Å². The highest BCUT2D eigenvalue weighted by Crippen LogP contribution is 2.34. The van der Waals surface area contributed by atoms with Crippen LogP contribution in [0.25, 0.3) is 6.08 Å². The third-order valence-electron chi connectivity index (χ3n) is 4.82. The molecular formula is C22H22BrN3O2S. The highest BCUT2D eigenvalue weighted by atomic mass is 79.9. The van der Waals surface area contributed by atoms with Crippen molar-refractivity contribution in [2.45, 2.75) is 6.92 Å². The molecule has 0 aliphatic carbocycles. The fourth-order valence-corrected chi connectivity index (χ4v) is 4.58. The van der Waals surface area contributed by atoms with E-state index < -0.39 is 0 Å². The highest BCUT2D eigenvalue weighted by Gasteiger charge is 2.32. The second-order valence-electron chi connectivity index (χ2n) is 6.72. The number of thioether (sulfide) groups is 1. The van der Waals surface area contributed by atoms with Crippen LogP contribution < -0.4 is 4.90 Å². The number of halogens is 1. The number of rotatable bonds is 4. The maximum Gasteiger partial charge on any atom is 0.266 e. The average Bonchev–Trinajstić information content (AvgIpc) is 3.05. The molecule has 0 bridgehead atoms. The standard InChI is InChI=1S/C22H22BrN3O2S/c1-2-26-21(27)20(15-16-3-5-17(23)6-4-16)29-22(26)24-18-7-9-19(10-8-18)25-11-13-28-14-12-25/h3-10,15H,2,11-14H2,1H3/b20-15-,24-22?. The molecule has 0 unspecified atom stereocenters. The summed E-state index contributed by atoms with van der Waals surface area (Å²) in [6.45, 7) is 5.91. The van der Waals surface area contributed by atoms with Crippen molar-refractivity contribution in [3.63, 3.8) is 0 Å². The average molecular weight is 472 g/mol. The van der Waals surface area contributed by atoms with E-state index in [0.29, 0.717) is 11.4 Å². The van der Waals surface area contributed by atoms with E-state index in [1.54, 1.807) is 4.90 Å². The first-order chi connectivity index (χ1) is 14.1. The summed E-state index contributed by atoms with van der Waals surface area (Å²) in [5.41, 5.74) is 3.02. The summed E-state index contributed by atoms with van der Waals surface area (Å²) in [7, 11) is 0. The Morgan fingerprint density at radius 1 is 1.10 bits per heavy atom. The van der Waals surface area contributed by atoms with Gasteiger partial charge in [-0.2, -0.15) is 0 Å². The van der Waals surface area contributed by atoms with Gasteiger partial charge in [0.2, 0.25) is 0 Å². The van der Waals surface area contributed by atoms with E-state index in [9.17, 15) is 4.79 Å². The normalized spacial score (nSPS) is 20.1. The number of hydrogen-bond donors (Lipinski definition) is 0. The smallest absolute Gasteiger partial charge is 0.266 e. The molecular weight excluding hydrogens is 450 g/mol. The second-order valence-corrected chi connectivity index (χ2v) is 8.65. The van der Waals surface area contributed by atoms with Crippen molar-refractivity contribution in [2.75, 3.05) is 37.7 Å². The quantitative estimate of drug-likeness (QED) is 0.594. The molecule has 2 aliphatic heterocycles. The van der Waals surface area contributed by atoms with Gasteiger partial charge in [0.05, 0.1) is 23.8 Å². The van der Waals surface area contributed by atoms with Gasteiger partial charge in [0.25, 0.3) is 5.91 Å². The molecule has 2 aliphatic rings. The van der Waals surface area contributed by atoms with E-state index in [4.69, 9.17) is 9.73 Å². The number of amidine groups is 1. The number of carbonyl (C=O) groups excluding carboxylic acids is 1. The van der Waals surface area contributed by atoms with Crippen molar-refractivity contribution in [3.8, 4) is 0 Å². The Bertz CT molecular complexity index is 936. The summed E-state index contributed by atoms with van der Waals surface area (Å²) in [6.07, 6.45) is 1.92. The fraction of sp³-hybridized carbons (Fsp3) is 0.273. The lowest BCUT2D eigenvalue weighted by molar-refractivity contribution is -0.122. The zero-order valence-electron chi connectivity index (χ0n) is 16.2. The molecule has 0 aromatic heterocycles. The number of nitrogens with zero attached hydrogens (tertiary/aromatic N) is 3.